The predicted octanol–water partition coefficient (Wildman–Crippen LogP) is 1.95. The minimum absolute atomic E-state index is 0.237. The Morgan fingerprint density at radius 1 is 1.36 bits per heavy atom. The maximum atomic E-state index is 8.46. The zero-order chi connectivity index (χ0) is 8.10. The summed E-state index contributed by atoms with van der Waals surface area (Å²) in [6.07, 6.45) is 0.666. The molecule has 0 fully saturated rings. The molecule has 1 nitrogen and oxygen atoms in total. The summed E-state index contributed by atoms with van der Waals surface area (Å²) in [5, 5.41) is 9.77. The van der Waals surface area contributed by atoms with Gasteiger partial charge in [-0.2, -0.15) is 5.26 Å². The van der Waals surface area contributed by atoms with Gasteiger partial charge in [0.25, 0.3) is 0 Å². The molecule has 0 heterocycles. The van der Waals surface area contributed by atoms with Crippen molar-refractivity contribution < 1.29 is 0 Å². The molecule has 0 aromatic heterocycles. The Balaban J connectivity index is 2.70. The van der Waals surface area contributed by atoms with Crippen LogP contribution in [-0.2, 0) is 0 Å². The average Bonchev–Trinajstić information content (AvgIpc) is 2.07. The molecular formula is C9H10NP. The highest BCUT2D eigenvalue weighted by Crippen LogP contribution is 2.27. The Morgan fingerprint density at radius 2 is 2.00 bits per heavy atom. The van der Waals surface area contributed by atoms with E-state index in [1.165, 1.54) is 5.30 Å². The van der Waals surface area contributed by atoms with E-state index >= 15 is 0 Å². The molecule has 0 aliphatic rings. The zero-order valence-electron chi connectivity index (χ0n) is 6.49. The van der Waals surface area contributed by atoms with Crippen molar-refractivity contribution in [3.63, 3.8) is 0 Å². The largest absolute Gasteiger partial charge is 0.198 e. The van der Waals surface area contributed by atoms with Gasteiger partial charge in [-0.25, -0.2) is 0 Å². The number of benzene rings is 1. The molecule has 1 aromatic carbocycles. The number of rotatable bonds is 2. The summed E-state index contributed by atoms with van der Waals surface area (Å²) in [6, 6.07) is 12.4. The lowest BCUT2D eigenvalue weighted by molar-refractivity contribution is 1.49. The SMILES string of the molecule is CP(CC#N)c1ccccc1. The molecule has 0 bridgehead atoms. The van der Waals surface area contributed by atoms with Gasteiger partial charge < -0.3 is 0 Å². The van der Waals surface area contributed by atoms with E-state index in [0.29, 0.717) is 6.16 Å². The van der Waals surface area contributed by atoms with Crippen molar-refractivity contribution in [3.8, 4) is 6.07 Å². The Bertz CT molecular complexity index is 250. The summed E-state index contributed by atoms with van der Waals surface area (Å²) in [6.45, 7) is 2.13. The highest BCUT2D eigenvalue weighted by molar-refractivity contribution is 7.65. The Kier molecular flexibility index (Phi) is 3.08. The van der Waals surface area contributed by atoms with Crippen LogP contribution in [0.5, 0.6) is 0 Å². The van der Waals surface area contributed by atoms with E-state index < -0.39 is 0 Å². The van der Waals surface area contributed by atoms with Crippen LogP contribution in [0, 0.1) is 11.3 Å². The molecule has 0 N–H and O–H groups in total. The Morgan fingerprint density at radius 3 is 2.55 bits per heavy atom. The molecule has 0 spiro atoms. The quantitative estimate of drug-likeness (QED) is 0.611. The first kappa shape index (κ1) is 8.24. The monoisotopic (exact) mass is 163 g/mol. The first-order chi connectivity index (χ1) is 5.34. The van der Waals surface area contributed by atoms with Gasteiger partial charge in [0.2, 0.25) is 0 Å². The lowest BCUT2D eigenvalue weighted by Crippen LogP contribution is -1.99. The fourth-order valence-electron chi connectivity index (χ4n) is 0.880. The molecule has 56 valence electrons. The van der Waals surface area contributed by atoms with Gasteiger partial charge in [-0.3, -0.25) is 0 Å². The maximum Gasteiger partial charge on any atom is 0.0672 e. The average molecular weight is 163 g/mol. The van der Waals surface area contributed by atoms with E-state index in [4.69, 9.17) is 5.26 Å². The molecule has 1 unspecified atom stereocenters. The van der Waals surface area contributed by atoms with Crippen molar-refractivity contribution in [1.82, 2.24) is 0 Å². The van der Waals surface area contributed by atoms with E-state index in [0.717, 1.165) is 0 Å². The summed E-state index contributed by atoms with van der Waals surface area (Å²) in [5.41, 5.74) is 0. The molecule has 1 rings (SSSR count). The van der Waals surface area contributed by atoms with Crippen molar-refractivity contribution in [2.24, 2.45) is 0 Å². The molecule has 1 atom stereocenters. The minimum Gasteiger partial charge on any atom is -0.198 e. The Hall–Kier alpha value is -0.860. The third-order valence-corrected chi connectivity index (χ3v) is 3.30. The lowest BCUT2D eigenvalue weighted by Gasteiger charge is -2.06. The zero-order valence-corrected chi connectivity index (χ0v) is 7.38. The summed E-state index contributed by atoms with van der Waals surface area (Å²) in [7, 11) is -0.237. The first-order valence-corrected chi connectivity index (χ1v) is 5.45. The second kappa shape index (κ2) is 4.11. The molecule has 0 saturated heterocycles. The second-order valence-corrected chi connectivity index (χ2v) is 4.58. The van der Waals surface area contributed by atoms with Crippen LogP contribution in [0.1, 0.15) is 0 Å². The van der Waals surface area contributed by atoms with Crippen molar-refractivity contribution in [2.45, 2.75) is 0 Å². The van der Waals surface area contributed by atoms with Gasteiger partial charge in [-0.15, -0.1) is 0 Å². The number of hydrogen-bond donors (Lipinski definition) is 0. The summed E-state index contributed by atoms with van der Waals surface area (Å²) in [5.74, 6) is 0. The number of hydrogen-bond acceptors (Lipinski definition) is 1. The summed E-state index contributed by atoms with van der Waals surface area (Å²) in [4.78, 5) is 0. The van der Waals surface area contributed by atoms with E-state index in [9.17, 15) is 0 Å². The fourth-order valence-corrected chi connectivity index (χ4v) is 1.96. The van der Waals surface area contributed by atoms with Crippen molar-refractivity contribution in [1.29, 1.82) is 5.26 Å². The van der Waals surface area contributed by atoms with Gasteiger partial charge in [0.1, 0.15) is 0 Å². The summed E-state index contributed by atoms with van der Waals surface area (Å²) < 4.78 is 0. The van der Waals surface area contributed by atoms with Crippen LogP contribution in [-0.4, -0.2) is 12.8 Å². The maximum absolute atomic E-state index is 8.46. The Labute approximate surface area is 68.4 Å². The molecule has 11 heavy (non-hydrogen) atoms. The molecule has 0 amide bonds. The smallest absolute Gasteiger partial charge is 0.0672 e. The first-order valence-electron chi connectivity index (χ1n) is 3.47. The van der Waals surface area contributed by atoms with E-state index in [1.807, 2.05) is 18.2 Å². The lowest BCUT2D eigenvalue weighted by atomic mass is 10.4. The molecule has 0 aliphatic heterocycles. The predicted molar refractivity (Wildman–Crippen MR) is 49.4 cm³/mol. The highest BCUT2D eigenvalue weighted by atomic mass is 31.1. The van der Waals surface area contributed by atoms with E-state index in [-0.39, 0.29) is 7.92 Å². The number of nitrogens with zero attached hydrogens (tertiary/aromatic N) is 1. The molecule has 1 aromatic rings. The van der Waals surface area contributed by atoms with Crippen LogP contribution in [0.25, 0.3) is 0 Å². The van der Waals surface area contributed by atoms with Crippen LogP contribution in [0.2, 0.25) is 0 Å². The van der Waals surface area contributed by atoms with Crippen LogP contribution >= 0.6 is 7.92 Å². The van der Waals surface area contributed by atoms with Crippen molar-refractivity contribution in [3.05, 3.63) is 30.3 Å². The topological polar surface area (TPSA) is 23.8 Å². The van der Waals surface area contributed by atoms with Gasteiger partial charge in [0.15, 0.2) is 0 Å². The van der Waals surface area contributed by atoms with E-state index in [2.05, 4.69) is 24.9 Å². The van der Waals surface area contributed by atoms with Gasteiger partial charge in [0.05, 0.1) is 12.2 Å². The normalized spacial score (nSPS) is 12.0. The number of nitriles is 1. The van der Waals surface area contributed by atoms with Crippen LogP contribution in [0.15, 0.2) is 30.3 Å². The fraction of sp³-hybridized carbons (Fsp3) is 0.222. The molecule has 0 aliphatic carbocycles. The summed E-state index contributed by atoms with van der Waals surface area (Å²) >= 11 is 0. The van der Waals surface area contributed by atoms with Crippen LogP contribution in [0.3, 0.4) is 0 Å². The van der Waals surface area contributed by atoms with Gasteiger partial charge in [-0.1, -0.05) is 38.3 Å². The standard InChI is InChI=1S/C9H10NP/c1-11(8-7-10)9-5-3-2-4-6-9/h2-6H,8H2,1H3. The van der Waals surface area contributed by atoms with Gasteiger partial charge in [0, 0.05) is 0 Å². The molecule has 0 saturated carbocycles. The highest BCUT2D eigenvalue weighted by Gasteiger charge is 2.00. The third kappa shape index (κ3) is 2.33. The van der Waals surface area contributed by atoms with Crippen LogP contribution in [0.4, 0.5) is 0 Å². The molecule has 0 radical (unpaired) electrons. The molecule has 2 heteroatoms. The van der Waals surface area contributed by atoms with Crippen LogP contribution < -0.4 is 5.30 Å². The van der Waals surface area contributed by atoms with Gasteiger partial charge >= 0.3 is 0 Å². The second-order valence-electron chi connectivity index (χ2n) is 2.35. The third-order valence-electron chi connectivity index (χ3n) is 1.50. The van der Waals surface area contributed by atoms with Gasteiger partial charge in [-0.05, 0) is 12.0 Å². The molecular weight excluding hydrogens is 153 g/mol. The minimum atomic E-state index is -0.237. The van der Waals surface area contributed by atoms with Crippen molar-refractivity contribution in [2.75, 3.05) is 12.8 Å². The van der Waals surface area contributed by atoms with Crippen molar-refractivity contribution >= 4 is 13.2 Å². The van der Waals surface area contributed by atoms with E-state index in [1.54, 1.807) is 0 Å².